The molecule has 10 heteroatoms. The van der Waals surface area contributed by atoms with E-state index in [0.29, 0.717) is 32.3 Å². The van der Waals surface area contributed by atoms with Crippen LogP contribution >= 0.6 is 23.2 Å². The molecule has 3 aromatic heterocycles. The number of aromatic amines is 2. The Kier molecular flexibility index (Phi) is 3.33. The summed E-state index contributed by atoms with van der Waals surface area (Å²) in [5, 5.41) is 4.31. The van der Waals surface area contributed by atoms with Crippen LogP contribution < -0.4 is 5.69 Å². The first-order valence-electron chi connectivity index (χ1n) is 6.68. The second-order valence-electron chi connectivity index (χ2n) is 5.05. The van der Waals surface area contributed by atoms with Crippen molar-refractivity contribution in [2.45, 2.75) is 6.55 Å². The monoisotopic (exact) mass is 369 g/mol. The smallest absolute Gasteiger partial charge is 0.304 e. The number of rotatable bonds is 2. The summed E-state index contributed by atoms with van der Waals surface area (Å²) in [7, 11) is 0. The lowest BCUT2D eigenvalue weighted by atomic mass is 10.1. The number of nitrogens with zero attached hydrogens (tertiary/aromatic N) is 3. The fraction of sp³-hybridized carbons (Fsp3) is 0.0714. The summed E-state index contributed by atoms with van der Waals surface area (Å²) < 4.78 is 26.0. The average Bonchev–Trinajstić information content (AvgIpc) is 3.08. The van der Waals surface area contributed by atoms with Crippen molar-refractivity contribution >= 4 is 45.3 Å². The van der Waals surface area contributed by atoms with Crippen LogP contribution in [0.15, 0.2) is 29.2 Å². The van der Waals surface area contributed by atoms with Gasteiger partial charge in [0.05, 0.1) is 16.1 Å². The molecule has 0 aliphatic rings. The lowest BCUT2D eigenvalue weighted by Gasteiger charge is -2.06. The van der Waals surface area contributed by atoms with Crippen LogP contribution in [-0.4, -0.2) is 24.7 Å². The molecule has 2 N–H and O–H groups in total. The molecule has 24 heavy (non-hydrogen) atoms. The molecule has 4 rings (SSSR count). The molecule has 1 aromatic carbocycles. The van der Waals surface area contributed by atoms with Crippen LogP contribution in [0.25, 0.3) is 33.2 Å². The number of fused-ring (bicyclic) bond motifs is 2. The molecule has 122 valence electrons. The first-order valence-corrected chi connectivity index (χ1v) is 7.44. The highest BCUT2D eigenvalue weighted by molar-refractivity contribution is 6.39. The van der Waals surface area contributed by atoms with Gasteiger partial charge >= 0.3 is 12.2 Å². The van der Waals surface area contributed by atoms with E-state index in [4.69, 9.17) is 23.2 Å². The van der Waals surface area contributed by atoms with Crippen LogP contribution in [0.3, 0.4) is 0 Å². The molecule has 0 aliphatic carbocycles. The summed E-state index contributed by atoms with van der Waals surface area (Å²) in [6.45, 7) is -2.80. The number of imidazole rings is 1. The molecular formula is C14H7Cl2F2N5O. The molecule has 0 saturated carbocycles. The first kappa shape index (κ1) is 15.1. The largest absolute Gasteiger partial charge is 0.333 e. The molecule has 0 fully saturated rings. The first-order chi connectivity index (χ1) is 11.4. The van der Waals surface area contributed by atoms with Crippen molar-refractivity contribution < 1.29 is 8.78 Å². The highest BCUT2D eigenvalue weighted by atomic mass is 35.5. The Morgan fingerprint density at radius 3 is 2.67 bits per heavy atom. The summed E-state index contributed by atoms with van der Waals surface area (Å²) in [4.78, 5) is 20.8. The van der Waals surface area contributed by atoms with Gasteiger partial charge in [0.15, 0.2) is 10.8 Å². The number of nitrogens with one attached hydrogen (secondary N) is 2. The van der Waals surface area contributed by atoms with Gasteiger partial charge in [0, 0.05) is 22.7 Å². The van der Waals surface area contributed by atoms with Gasteiger partial charge in [-0.1, -0.05) is 29.3 Å². The van der Waals surface area contributed by atoms with Crippen LogP contribution in [0, 0.1) is 0 Å². The van der Waals surface area contributed by atoms with Gasteiger partial charge in [0.2, 0.25) is 0 Å². The molecule has 0 amide bonds. The Balaban J connectivity index is 1.98. The van der Waals surface area contributed by atoms with Crippen molar-refractivity contribution in [2.75, 3.05) is 0 Å². The molecule has 4 aromatic rings. The second kappa shape index (κ2) is 5.29. The van der Waals surface area contributed by atoms with Gasteiger partial charge in [-0.2, -0.15) is 13.9 Å². The summed E-state index contributed by atoms with van der Waals surface area (Å²) >= 11 is 12.4. The SMILES string of the molecule is O=c1[nH]c2cc3c(Cl)c(-c4cn(C(F)F)nc4Cl)ccc3nc2[nH]1. The molecule has 0 spiro atoms. The summed E-state index contributed by atoms with van der Waals surface area (Å²) in [6, 6.07) is 4.94. The van der Waals surface area contributed by atoms with E-state index >= 15 is 0 Å². The lowest BCUT2D eigenvalue weighted by Crippen LogP contribution is -1.99. The van der Waals surface area contributed by atoms with E-state index in [1.165, 1.54) is 0 Å². The van der Waals surface area contributed by atoms with E-state index in [9.17, 15) is 13.6 Å². The van der Waals surface area contributed by atoms with Crippen LogP contribution in [0.1, 0.15) is 6.55 Å². The van der Waals surface area contributed by atoms with Crippen molar-refractivity contribution in [3.63, 3.8) is 0 Å². The molecule has 0 saturated heterocycles. The maximum Gasteiger partial charge on any atom is 0.333 e. The molecule has 0 radical (unpaired) electrons. The highest BCUT2D eigenvalue weighted by Gasteiger charge is 2.18. The van der Waals surface area contributed by atoms with Gasteiger partial charge < -0.3 is 4.98 Å². The third-order valence-corrected chi connectivity index (χ3v) is 4.28. The number of hydrogen-bond acceptors (Lipinski definition) is 3. The van der Waals surface area contributed by atoms with E-state index in [0.717, 1.165) is 6.20 Å². The molecule has 0 bridgehead atoms. The minimum Gasteiger partial charge on any atom is -0.304 e. The standard InChI is InChI=1S/C14H7Cl2F2N5O/c15-10-5(7-4-23(13(17)18)22-11(7)16)1-2-8-6(10)3-9-12(19-8)21-14(24)20-9/h1-4,13H,(H2,19,20,21,24). The molecule has 0 unspecified atom stereocenters. The van der Waals surface area contributed by atoms with Gasteiger partial charge in [-0.3, -0.25) is 4.98 Å². The zero-order chi connectivity index (χ0) is 17.0. The summed E-state index contributed by atoms with van der Waals surface area (Å²) in [5.74, 6) is 0. The van der Waals surface area contributed by atoms with Crippen LogP contribution in [0.2, 0.25) is 10.2 Å². The van der Waals surface area contributed by atoms with Gasteiger partial charge in [-0.15, -0.1) is 0 Å². The number of benzene rings is 1. The normalized spacial score (nSPS) is 11.9. The number of pyridine rings is 1. The molecule has 0 aliphatic heterocycles. The summed E-state index contributed by atoms with van der Waals surface area (Å²) in [5.41, 5.74) is 1.78. The minimum atomic E-state index is -2.80. The fourth-order valence-corrected chi connectivity index (χ4v) is 3.07. The number of halogens is 4. The van der Waals surface area contributed by atoms with Crippen molar-refractivity contribution in [3.8, 4) is 11.1 Å². The molecular weight excluding hydrogens is 363 g/mol. The number of hydrogen-bond donors (Lipinski definition) is 2. The maximum atomic E-state index is 12.8. The second-order valence-corrected chi connectivity index (χ2v) is 5.78. The van der Waals surface area contributed by atoms with Gasteiger partial charge in [0.1, 0.15) is 0 Å². The van der Waals surface area contributed by atoms with Crippen LogP contribution in [0.4, 0.5) is 8.78 Å². The number of H-pyrrole nitrogens is 2. The molecule has 6 nitrogen and oxygen atoms in total. The predicted octanol–water partition coefficient (Wildman–Crippen LogP) is 3.97. The Morgan fingerprint density at radius 1 is 1.17 bits per heavy atom. The van der Waals surface area contributed by atoms with Crippen molar-refractivity contribution in [1.29, 1.82) is 0 Å². The molecule has 0 atom stereocenters. The van der Waals surface area contributed by atoms with E-state index in [1.807, 2.05) is 0 Å². The third-order valence-electron chi connectivity index (χ3n) is 3.59. The fourth-order valence-electron chi connectivity index (χ4n) is 2.52. The number of aromatic nitrogens is 5. The summed E-state index contributed by atoms with van der Waals surface area (Å²) in [6.07, 6.45) is 1.13. The topological polar surface area (TPSA) is 79.4 Å². The number of alkyl halides is 2. The average molecular weight is 370 g/mol. The zero-order valence-electron chi connectivity index (χ0n) is 11.6. The minimum absolute atomic E-state index is 0.0827. The Hall–Kier alpha value is -2.45. The lowest BCUT2D eigenvalue weighted by molar-refractivity contribution is 0.0567. The Morgan fingerprint density at radius 2 is 1.96 bits per heavy atom. The zero-order valence-corrected chi connectivity index (χ0v) is 13.2. The Bertz CT molecular complexity index is 1150. The van der Waals surface area contributed by atoms with E-state index < -0.39 is 6.55 Å². The van der Waals surface area contributed by atoms with Gasteiger partial charge in [-0.05, 0) is 12.1 Å². The van der Waals surface area contributed by atoms with E-state index in [-0.39, 0.29) is 21.4 Å². The van der Waals surface area contributed by atoms with Gasteiger partial charge in [0.25, 0.3) is 0 Å². The highest BCUT2D eigenvalue weighted by Crippen LogP contribution is 2.37. The van der Waals surface area contributed by atoms with Crippen molar-refractivity contribution in [3.05, 3.63) is 45.1 Å². The van der Waals surface area contributed by atoms with Crippen molar-refractivity contribution in [1.82, 2.24) is 24.7 Å². The van der Waals surface area contributed by atoms with Crippen LogP contribution in [-0.2, 0) is 0 Å². The van der Waals surface area contributed by atoms with Crippen molar-refractivity contribution in [2.24, 2.45) is 0 Å². The van der Waals surface area contributed by atoms with E-state index in [2.05, 4.69) is 20.1 Å². The molecule has 3 heterocycles. The quantitative estimate of drug-likeness (QED) is 0.560. The predicted molar refractivity (Wildman–Crippen MR) is 86.7 cm³/mol. The van der Waals surface area contributed by atoms with Gasteiger partial charge in [-0.25, -0.2) is 14.5 Å². The Labute approximate surface area is 142 Å². The maximum absolute atomic E-state index is 12.8. The third kappa shape index (κ3) is 2.26. The van der Waals surface area contributed by atoms with Crippen LogP contribution in [0.5, 0.6) is 0 Å². The van der Waals surface area contributed by atoms with E-state index in [1.54, 1.807) is 18.2 Å².